The van der Waals surface area contributed by atoms with E-state index in [1.54, 1.807) is 0 Å². The quantitative estimate of drug-likeness (QED) is 0.0257. The average Bonchev–Trinajstić information content (AvgIpc) is 3.68. The molecule has 0 aliphatic heterocycles. The van der Waals surface area contributed by atoms with Gasteiger partial charge in [-0.05, 0) is 116 Å². The van der Waals surface area contributed by atoms with Crippen molar-refractivity contribution in [3.63, 3.8) is 0 Å². The van der Waals surface area contributed by atoms with Crippen LogP contribution in [0.2, 0.25) is 0 Å². The van der Waals surface area contributed by atoms with Crippen molar-refractivity contribution in [3.05, 3.63) is 0 Å². The molecule has 0 aliphatic rings. The van der Waals surface area contributed by atoms with Gasteiger partial charge in [0.1, 0.15) is 36.3 Å². The van der Waals surface area contributed by atoms with Gasteiger partial charge in [-0.1, -0.05) is 174 Å². The molecule has 0 saturated carbocycles. The predicted molar refractivity (Wildman–Crippen MR) is 355 cm³/mol. The number of ether oxygens (including phenoxy) is 1. The van der Waals surface area contributed by atoms with Gasteiger partial charge in [0.2, 0.25) is 35.4 Å². The first-order valence-corrected chi connectivity index (χ1v) is 35.8. The second-order valence-electron chi connectivity index (χ2n) is 23.8. The van der Waals surface area contributed by atoms with Crippen molar-refractivity contribution in [1.29, 1.82) is 0 Å². The molecular weight excluding hydrogens is 1140 g/mol. The number of thioether (sulfide) groups is 1. The Balaban J connectivity index is 5.91. The number of carbonyl (C=O) groups excluding carboxylic acids is 7. The number of carbonyl (C=O) groups is 8. The summed E-state index contributed by atoms with van der Waals surface area (Å²) in [5.41, 5.74) is 22.9. The molecule has 0 aromatic heterocycles. The Hall–Kier alpha value is -4.29. The summed E-state index contributed by atoms with van der Waals surface area (Å²) in [6, 6.07) is -7.56. The topological polar surface area (TPSA) is 375 Å². The third-order valence-electron chi connectivity index (χ3n) is 15.8. The van der Waals surface area contributed by atoms with Gasteiger partial charge in [-0.25, -0.2) is 9.59 Å². The largest absolute Gasteiger partial charge is 0.480 e. The first-order chi connectivity index (χ1) is 42.7. The number of carboxylic acid groups (broad SMARTS) is 1. The van der Waals surface area contributed by atoms with Gasteiger partial charge < -0.3 is 75.1 Å². The fourth-order valence-electron chi connectivity index (χ4n) is 10.3. The molecule has 7 amide bonds. The molecule has 0 unspecified atom stereocenters. The van der Waals surface area contributed by atoms with Crippen molar-refractivity contribution in [1.82, 2.24) is 37.2 Å². The van der Waals surface area contributed by atoms with Gasteiger partial charge in [-0.2, -0.15) is 11.8 Å². The van der Waals surface area contributed by atoms with E-state index < -0.39 is 84.5 Å². The van der Waals surface area contributed by atoms with E-state index in [9.17, 15) is 48.6 Å². The standard InChI is InChI=1S/C65H127N11O11S/c1-3-5-7-9-11-13-15-17-19-21-23-25-27-37-48-87-65(86)70-47-49-88-51-57(71-58(78)42-28-26-24-22-20-18-16-14-12-10-8-6-4-2)63(83)76-56(50-77)62(82)74-53(39-30-34-44-67)60(80)72-52(38-29-33-43-66)59(79)73-54(40-31-35-45-68)61(81)75-55(64(84)85)41-32-36-46-69/h52-57,77H,3-51,66-69H2,1-2H3,(H,70,86)(H,71,78)(H,72,80)(H,73,79)(H,74,82)(H,75,81)(H,76,83)(H,84,85)/t52-,53-,54-,55-,56+,57-/m0/s1. The highest BCUT2D eigenvalue weighted by Gasteiger charge is 2.33. The van der Waals surface area contributed by atoms with Crippen LogP contribution in [0.4, 0.5) is 4.79 Å². The van der Waals surface area contributed by atoms with Crippen LogP contribution in [0.5, 0.6) is 0 Å². The first kappa shape index (κ1) is 83.7. The lowest BCUT2D eigenvalue weighted by Crippen LogP contribution is -2.60. The Morgan fingerprint density at radius 2 is 0.705 bits per heavy atom. The lowest BCUT2D eigenvalue weighted by molar-refractivity contribution is -0.142. The normalized spacial score (nSPS) is 13.3. The van der Waals surface area contributed by atoms with E-state index in [1.165, 1.54) is 134 Å². The fourth-order valence-corrected chi connectivity index (χ4v) is 11.2. The molecule has 0 bridgehead atoms. The van der Waals surface area contributed by atoms with Crippen LogP contribution >= 0.6 is 11.8 Å². The van der Waals surface area contributed by atoms with Crippen molar-refractivity contribution in [2.24, 2.45) is 22.9 Å². The van der Waals surface area contributed by atoms with Crippen LogP contribution in [0.25, 0.3) is 0 Å². The minimum absolute atomic E-state index is 0.0679. The molecule has 0 fully saturated rings. The van der Waals surface area contributed by atoms with Gasteiger partial charge in [-0.15, -0.1) is 0 Å². The maximum atomic E-state index is 14.2. The van der Waals surface area contributed by atoms with Crippen LogP contribution < -0.4 is 60.2 Å². The zero-order valence-electron chi connectivity index (χ0n) is 54.9. The summed E-state index contributed by atoms with van der Waals surface area (Å²) in [7, 11) is 0. The fraction of sp³-hybridized carbons (Fsp3) is 0.877. The Kier molecular flexibility index (Phi) is 57.3. The van der Waals surface area contributed by atoms with E-state index in [2.05, 4.69) is 51.1 Å². The molecule has 17 N–H and O–H groups in total. The monoisotopic (exact) mass is 1270 g/mol. The van der Waals surface area contributed by atoms with Crippen LogP contribution in [-0.4, -0.2) is 151 Å². The number of alkyl carbamates (subject to hydrolysis) is 1. The lowest BCUT2D eigenvalue weighted by Gasteiger charge is -2.27. The number of hydrogen-bond acceptors (Lipinski definition) is 15. The highest BCUT2D eigenvalue weighted by atomic mass is 32.2. The minimum Gasteiger partial charge on any atom is -0.480 e. The molecule has 514 valence electrons. The van der Waals surface area contributed by atoms with Gasteiger partial charge in [0.05, 0.1) is 13.2 Å². The zero-order chi connectivity index (χ0) is 65.1. The van der Waals surface area contributed by atoms with Crippen molar-refractivity contribution < 1.29 is 53.3 Å². The van der Waals surface area contributed by atoms with Gasteiger partial charge in [-0.3, -0.25) is 28.8 Å². The van der Waals surface area contributed by atoms with Crippen molar-refractivity contribution in [3.8, 4) is 0 Å². The number of nitrogens with one attached hydrogen (secondary N) is 7. The van der Waals surface area contributed by atoms with Crippen LogP contribution in [-0.2, 0) is 38.3 Å². The number of carboxylic acids is 1. The molecule has 23 heteroatoms. The molecule has 22 nitrogen and oxygen atoms in total. The number of hydrogen-bond donors (Lipinski definition) is 13. The summed E-state index contributed by atoms with van der Waals surface area (Å²) in [5.74, 6) is -4.94. The Labute approximate surface area is 534 Å². The molecule has 0 heterocycles. The van der Waals surface area contributed by atoms with E-state index in [4.69, 9.17) is 27.7 Å². The van der Waals surface area contributed by atoms with Crippen molar-refractivity contribution in [2.45, 2.75) is 307 Å². The third kappa shape index (κ3) is 47.6. The second-order valence-corrected chi connectivity index (χ2v) is 25.0. The van der Waals surface area contributed by atoms with Gasteiger partial charge in [0, 0.05) is 24.5 Å². The van der Waals surface area contributed by atoms with Gasteiger partial charge in [0.25, 0.3) is 0 Å². The maximum Gasteiger partial charge on any atom is 0.407 e. The molecular formula is C65H127N11O11S. The first-order valence-electron chi connectivity index (χ1n) is 34.7. The Morgan fingerprint density at radius 1 is 0.386 bits per heavy atom. The number of nitrogens with two attached hydrogens (primary N) is 4. The zero-order valence-corrected chi connectivity index (χ0v) is 55.7. The molecule has 0 aliphatic carbocycles. The minimum atomic E-state index is -1.56. The maximum absolute atomic E-state index is 14.2. The summed E-state index contributed by atoms with van der Waals surface area (Å²) in [6.45, 7) is 5.44. The highest BCUT2D eigenvalue weighted by molar-refractivity contribution is 7.99. The van der Waals surface area contributed by atoms with Crippen molar-refractivity contribution in [2.75, 3.05) is 57.4 Å². The lowest BCUT2D eigenvalue weighted by atomic mass is 10.0. The Morgan fingerprint density at radius 3 is 1.07 bits per heavy atom. The summed E-state index contributed by atoms with van der Waals surface area (Å²) < 4.78 is 5.40. The van der Waals surface area contributed by atoms with E-state index >= 15 is 0 Å². The van der Waals surface area contributed by atoms with Crippen molar-refractivity contribution >= 4 is 59.3 Å². The van der Waals surface area contributed by atoms with E-state index in [1.807, 2.05) is 0 Å². The highest BCUT2D eigenvalue weighted by Crippen LogP contribution is 2.16. The molecule has 0 rings (SSSR count). The second kappa shape index (κ2) is 60.3. The molecule has 0 aromatic rings. The number of aliphatic hydroxyl groups excluding tert-OH is 1. The van der Waals surface area contributed by atoms with E-state index in [-0.39, 0.29) is 56.9 Å². The van der Waals surface area contributed by atoms with Gasteiger partial charge >= 0.3 is 12.1 Å². The molecule has 88 heavy (non-hydrogen) atoms. The van der Waals surface area contributed by atoms with E-state index in [0.29, 0.717) is 89.8 Å². The van der Waals surface area contributed by atoms with Crippen LogP contribution in [0.3, 0.4) is 0 Å². The summed E-state index contributed by atoms with van der Waals surface area (Å²) >= 11 is 1.30. The Bertz CT molecular complexity index is 1790. The summed E-state index contributed by atoms with van der Waals surface area (Å²) in [5, 5.41) is 39.2. The number of amides is 7. The molecule has 0 radical (unpaired) electrons. The number of aliphatic hydroxyl groups is 1. The molecule has 0 saturated heterocycles. The number of rotatable bonds is 63. The molecule has 0 spiro atoms. The van der Waals surface area contributed by atoms with Gasteiger partial charge in [0.15, 0.2) is 0 Å². The smallest absolute Gasteiger partial charge is 0.407 e. The number of aliphatic carboxylic acids is 1. The molecule has 6 atom stereocenters. The molecule has 0 aromatic carbocycles. The predicted octanol–water partition coefficient (Wildman–Crippen LogP) is 7.91. The third-order valence-corrected chi connectivity index (χ3v) is 16.9. The number of unbranched alkanes of at least 4 members (excludes halogenated alkanes) is 29. The summed E-state index contributed by atoms with van der Waals surface area (Å²) in [4.78, 5) is 108. The van der Waals surface area contributed by atoms with E-state index in [0.717, 1.165) is 44.9 Å². The average molecular weight is 1270 g/mol. The summed E-state index contributed by atoms with van der Waals surface area (Å²) in [6.07, 6.45) is 36.0. The van der Waals surface area contributed by atoms with Crippen LogP contribution in [0.15, 0.2) is 0 Å². The SMILES string of the molecule is CCCCCCCCCCCCCCCCOC(=O)NCCSC[C@H](NC(=O)CCCCCCCCCCCCCCC)C(=O)N[C@H](CO)C(=O)N[C@@H](CCCCN)C(=O)N[C@@H](CCCCN)C(=O)N[C@@H](CCCCN)C(=O)N[C@@H](CCCCN)C(=O)O. The van der Waals surface area contributed by atoms with Crippen LogP contribution in [0, 0.1) is 0 Å². The van der Waals surface area contributed by atoms with Crippen LogP contribution in [0.1, 0.15) is 271 Å².